The molecule has 1 aliphatic rings. The maximum atomic E-state index is 13.5. The predicted octanol–water partition coefficient (Wildman–Crippen LogP) is 4.26. The number of carbonyl (C=O) groups is 2. The third kappa shape index (κ3) is 3.96. The molecule has 0 aromatic heterocycles. The van der Waals surface area contributed by atoms with Crippen molar-refractivity contribution in [3.8, 4) is 11.5 Å². The summed E-state index contributed by atoms with van der Waals surface area (Å²) < 4.78 is 10.7. The monoisotopic (exact) mass is 382 g/mol. The van der Waals surface area contributed by atoms with Gasteiger partial charge in [-0.05, 0) is 50.5 Å². The largest absolute Gasteiger partial charge is 0.493 e. The van der Waals surface area contributed by atoms with Crippen LogP contribution in [0.2, 0.25) is 0 Å². The van der Waals surface area contributed by atoms with Crippen LogP contribution in [0.25, 0.3) is 0 Å². The number of anilines is 1. The summed E-state index contributed by atoms with van der Waals surface area (Å²) in [7, 11) is 3.00. The van der Waals surface area contributed by atoms with Gasteiger partial charge in [0.1, 0.15) is 0 Å². The van der Waals surface area contributed by atoms with Crippen LogP contribution < -0.4 is 14.4 Å². The molecule has 28 heavy (non-hydrogen) atoms. The number of aryl methyl sites for hydroxylation is 1. The Kier molecular flexibility index (Phi) is 6.19. The second kappa shape index (κ2) is 8.78. The van der Waals surface area contributed by atoms with Crippen LogP contribution in [0, 0.1) is 6.92 Å². The molecule has 1 saturated heterocycles. The molecular formula is C22H26N2O4. The number of hydrogen-bond acceptors (Lipinski definition) is 4. The van der Waals surface area contributed by atoms with Gasteiger partial charge in [0.2, 0.25) is 0 Å². The smallest absolute Gasteiger partial charge is 0.331 e. The van der Waals surface area contributed by atoms with Gasteiger partial charge in [-0.25, -0.2) is 9.69 Å². The van der Waals surface area contributed by atoms with Gasteiger partial charge < -0.3 is 14.4 Å². The number of ether oxygens (including phenoxy) is 2. The van der Waals surface area contributed by atoms with Crippen molar-refractivity contribution in [1.29, 1.82) is 0 Å². The van der Waals surface area contributed by atoms with Crippen molar-refractivity contribution < 1.29 is 19.1 Å². The lowest BCUT2D eigenvalue weighted by Crippen LogP contribution is -2.48. The molecule has 0 N–H and O–H groups in total. The van der Waals surface area contributed by atoms with Crippen molar-refractivity contribution in [1.82, 2.24) is 4.90 Å². The molecule has 148 valence electrons. The molecule has 0 saturated carbocycles. The Bertz CT molecular complexity index is 842. The number of methoxy groups -OCH3 is 2. The van der Waals surface area contributed by atoms with Crippen molar-refractivity contribution in [2.75, 3.05) is 32.2 Å². The number of urea groups is 1. The number of likely N-dealkylation sites (tertiary alicyclic amines) is 1. The molecule has 0 radical (unpaired) electrons. The average Bonchev–Trinajstić information content (AvgIpc) is 2.74. The number of amides is 3. The first-order valence-electron chi connectivity index (χ1n) is 9.48. The lowest BCUT2D eigenvalue weighted by atomic mass is 10.1. The zero-order chi connectivity index (χ0) is 20.1. The molecule has 3 amide bonds. The molecular weight excluding hydrogens is 356 g/mol. The Balaban J connectivity index is 2.04. The first-order valence-corrected chi connectivity index (χ1v) is 9.48. The normalized spacial score (nSPS) is 13.8. The number of nitrogens with zero attached hydrogens (tertiary/aromatic N) is 2. The second-order valence-corrected chi connectivity index (χ2v) is 6.85. The van der Waals surface area contributed by atoms with E-state index in [1.807, 2.05) is 19.1 Å². The first-order chi connectivity index (χ1) is 13.6. The van der Waals surface area contributed by atoms with Crippen LogP contribution in [-0.2, 0) is 0 Å². The fraction of sp³-hybridized carbons (Fsp3) is 0.364. The highest BCUT2D eigenvalue weighted by molar-refractivity contribution is 6.21. The summed E-state index contributed by atoms with van der Waals surface area (Å²) in [5, 5.41) is 0. The maximum absolute atomic E-state index is 13.5. The van der Waals surface area contributed by atoms with Crippen molar-refractivity contribution in [3.05, 3.63) is 53.6 Å². The molecule has 6 nitrogen and oxygen atoms in total. The van der Waals surface area contributed by atoms with E-state index in [-0.39, 0.29) is 11.6 Å². The minimum absolute atomic E-state index is 0.285. The molecule has 0 aliphatic carbocycles. The first kappa shape index (κ1) is 19.7. The van der Waals surface area contributed by atoms with E-state index in [1.165, 1.54) is 19.1 Å². The molecule has 1 fully saturated rings. The maximum Gasteiger partial charge on any atom is 0.331 e. The molecule has 2 aromatic rings. The number of rotatable bonds is 4. The average molecular weight is 382 g/mol. The Morgan fingerprint density at radius 2 is 1.61 bits per heavy atom. The van der Waals surface area contributed by atoms with Crippen LogP contribution in [0.4, 0.5) is 10.5 Å². The molecule has 6 heteroatoms. The second-order valence-electron chi connectivity index (χ2n) is 6.85. The van der Waals surface area contributed by atoms with E-state index in [2.05, 4.69) is 0 Å². The summed E-state index contributed by atoms with van der Waals surface area (Å²) in [4.78, 5) is 29.8. The van der Waals surface area contributed by atoms with Gasteiger partial charge in [-0.2, -0.15) is 0 Å². The van der Waals surface area contributed by atoms with Crippen LogP contribution in [0.15, 0.2) is 42.5 Å². The van der Waals surface area contributed by atoms with E-state index >= 15 is 0 Å². The van der Waals surface area contributed by atoms with Crippen molar-refractivity contribution in [2.24, 2.45) is 0 Å². The van der Waals surface area contributed by atoms with Crippen LogP contribution >= 0.6 is 0 Å². The highest BCUT2D eigenvalue weighted by Crippen LogP contribution is 2.33. The van der Waals surface area contributed by atoms with Crippen LogP contribution in [0.5, 0.6) is 11.5 Å². The number of imide groups is 1. The van der Waals surface area contributed by atoms with Gasteiger partial charge in [0.05, 0.1) is 25.5 Å². The van der Waals surface area contributed by atoms with Gasteiger partial charge in [0.25, 0.3) is 5.91 Å². The highest BCUT2D eigenvalue weighted by atomic mass is 16.5. The quantitative estimate of drug-likeness (QED) is 0.793. The fourth-order valence-corrected chi connectivity index (χ4v) is 3.41. The number of hydrogen-bond donors (Lipinski definition) is 0. The minimum Gasteiger partial charge on any atom is -0.493 e. The Labute approximate surface area is 165 Å². The van der Waals surface area contributed by atoms with Gasteiger partial charge in [0, 0.05) is 13.1 Å². The van der Waals surface area contributed by atoms with Crippen LogP contribution in [0.3, 0.4) is 0 Å². The zero-order valence-corrected chi connectivity index (χ0v) is 16.6. The Hall–Kier alpha value is -3.02. The van der Waals surface area contributed by atoms with E-state index in [0.717, 1.165) is 24.8 Å². The van der Waals surface area contributed by atoms with Gasteiger partial charge >= 0.3 is 6.03 Å². The molecule has 0 bridgehead atoms. The molecule has 1 aliphatic heterocycles. The third-order valence-corrected chi connectivity index (χ3v) is 4.95. The van der Waals surface area contributed by atoms with Gasteiger partial charge in [0.15, 0.2) is 11.5 Å². The summed E-state index contributed by atoms with van der Waals surface area (Å²) >= 11 is 0. The van der Waals surface area contributed by atoms with E-state index in [9.17, 15) is 9.59 Å². The summed E-state index contributed by atoms with van der Waals surface area (Å²) in [6.07, 6.45) is 3.00. The molecule has 2 aromatic carbocycles. The van der Waals surface area contributed by atoms with Crippen molar-refractivity contribution in [2.45, 2.75) is 26.2 Å². The third-order valence-electron chi connectivity index (χ3n) is 4.95. The molecule has 1 heterocycles. The Morgan fingerprint density at radius 1 is 0.929 bits per heavy atom. The van der Waals surface area contributed by atoms with Crippen molar-refractivity contribution in [3.63, 3.8) is 0 Å². The molecule has 0 atom stereocenters. The minimum atomic E-state index is -0.435. The Morgan fingerprint density at radius 3 is 2.21 bits per heavy atom. The lowest BCUT2D eigenvalue weighted by Gasteiger charge is -2.32. The van der Waals surface area contributed by atoms with Crippen LogP contribution in [0.1, 0.15) is 35.2 Å². The van der Waals surface area contributed by atoms with Crippen LogP contribution in [-0.4, -0.2) is 44.1 Å². The lowest BCUT2D eigenvalue weighted by molar-refractivity contribution is 0.0980. The number of carbonyl (C=O) groups excluding carboxylic acids is 2. The SMILES string of the molecule is COc1cccc(C(=O)N(C(=O)N2CCCCC2)c2ccc(C)cc2)c1OC. The number of benzene rings is 2. The summed E-state index contributed by atoms with van der Waals surface area (Å²) in [5.74, 6) is 0.330. The zero-order valence-electron chi connectivity index (χ0n) is 16.6. The number of piperidine rings is 1. The van der Waals surface area contributed by atoms with Gasteiger partial charge in [-0.15, -0.1) is 0 Å². The van der Waals surface area contributed by atoms with Crippen molar-refractivity contribution >= 4 is 17.6 Å². The van der Waals surface area contributed by atoms with E-state index in [1.54, 1.807) is 35.2 Å². The van der Waals surface area contributed by atoms with E-state index in [4.69, 9.17) is 9.47 Å². The topological polar surface area (TPSA) is 59.1 Å². The predicted molar refractivity (Wildman–Crippen MR) is 108 cm³/mol. The number of para-hydroxylation sites is 1. The summed E-state index contributed by atoms with van der Waals surface area (Å²) in [5.41, 5.74) is 1.88. The molecule has 3 rings (SSSR count). The fourth-order valence-electron chi connectivity index (χ4n) is 3.41. The van der Waals surface area contributed by atoms with Gasteiger partial charge in [-0.3, -0.25) is 4.79 Å². The standard InChI is InChI=1S/C22H26N2O4/c1-16-10-12-17(13-11-16)24(22(26)23-14-5-4-6-15-23)21(25)18-8-7-9-19(27-2)20(18)28-3/h7-13H,4-6,14-15H2,1-3H3. The van der Waals surface area contributed by atoms with Gasteiger partial charge in [-0.1, -0.05) is 23.8 Å². The molecule has 0 spiro atoms. The molecule has 0 unspecified atom stereocenters. The highest BCUT2D eigenvalue weighted by Gasteiger charge is 2.32. The summed E-state index contributed by atoms with van der Waals surface area (Å²) in [6.45, 7) is 3.28. The van der Waals surface area contributed by atoms with E-state index in [0.29, 0.717) is 30.3 Å². The van der Waals surface area contributed by atoms with E-state index < -0.39 is 5.91 Å². The summed E-state index contributed by atoms with van der Waals surface area (Å²) in [6, 6.07) is 12.1.